The van der Waals surface area contributed by atoms with Gasteiger partial charge in [-0.15, -0.1) is 0 Å². The van der Waals surface area contributed by atoms with Crippen molar-refractivity contribution in [3.63, 3.8) is 0 Å². The average Bonchev–Trinajstić information content (AvgIpc) is 2.39. The minimum atomic E-state index is 0.744. The Bertz CT molecular complexity index is 456. The Labute approximate surface area is 103 Å². The molecule has 1 aliphatic carbocycles. The predicted molar refractivity (Wildman–Crippen MR) is 73.0 cm³/mol. The summed E-state index contributed by atoms with van der Waals surface area (Å²) in [7, 11) is 0. The van der Waals surface area contributed by atoms with Crippen LogP contribution in [0.15, 0.2) is 53.8 Å². The van der Waals surface area contributed by atoms with Crippen LogP contribution in [0, 0.1) is 5.92 Å². The molecule has 1 fully saturated rings. The van der Waals surface area contributed by atoms with Gasteiger partial charge in [0.1, 0.15) is 0 Å². The first-order valence-corrected chi connectivity index (χ1v) is 6.54. The number of allylic oxidation sites excluding steroid dienone is 4. The highest BCUT2D eigenvalue weighted by molar-refractivity contribution is 5.54. The van der Waals surface area contributed by atoms with Crippen molar-refractivity contribution < 1.29 is 0 Å². The summed E-state index contributed by atoms with van der Waals surface area (Å²) in [5.74, 6) is 0.744. The van der Waals surface area contributed by atoms with Crippen molar-refractivity contribution >= 4 is 5.69 Å². The number of hydrogen-bond acceptors (Lipinski definition) is 1. The highest BCUT2D eigenvalue weighted by atomic mass is 15.2. The molecule has 1 aromatic rings. The molecule has 88 valence electrons. The number of piperidine rings is 1. The first kappa shape index (κ1) is 10.6. The van der Waals surface area contributed by atoms with E-state index >= 15 is 0 Å². The van der Waals surface area contributed by atoms with E-state index in [9.17, 15) is 0 Å². The smallest absolute Gasteiger partial charge is 0.0408 e. The monoisotopic (exact) mass is 225 g/mol. The van der Waals surface area contributed by atoms with E-state index in [-0.39, 0.29) is 0 Å². The van der Waals surface area contributed by atoms with E-state index in [2.05, 4.69) is 54.3 Å². The second kappa shape index (κ2) is 4.40. The summed E-state index contributed by atoms with van der Waals surface area (Å²) in [5.41, 5.74) is 4.39. The topological polar surface area (TPSA) is 3.24 Å². The molecule has 0 saturated carbocycles. The molecular weight excluding hydrogens is 206 g/mol. The Morgan fingerprint density at radius 2 is 1.94 bits per heavy atom. The van der Waals surface area contributed by atoms with Crippen molar-refractivity contribution in [1.29, 1.82) is 0 Å². The summed E-state index contributed by atoms with van der Waals surface area (Å²) in [5, 5.41) is 0. The predicted octanol–water partition coefficient (Wildman–Crippen LogP) is 4.14. The molecule has 0 aromatic heterocycles. The van der Waals surface area contributed by atoms with E-state index < -0.39 is 0 Å². The zero-order valence-electron chi connectivity index (χ0n) is 10.4. The first-order valence-electron chi connectivity index (χ1n) is 6.54. The molecule has 1 atom stereocenters. The van der Waals surface area contributed by atoms with Crippen LogP contribution in [0.5, 0.6) is 0 Å². The van der Waals surface area contributed by atoms with E-state index in [4.69, 9.17) is 0 Å². The fraction of sp³-hybridized carbons (Fsp3) is 0.375. The quantitative estimate of drug-likeness (QED) is 0.694. The van der Waals surface area contributed by atoms with Gasteiger partial charge < -0.3 is 4.90 Å². The van der Waals surface area contributed by atoms with Crippen LogP contribution in [0.3, 0.4) is 0 Å². The van der Waals surface area contributed by atoms with Gasteiger partial charge in [-0.1, -0.05) is 29.8 Å². The fourth-order valence-corrected chi connectivity index (χ4v) is 3.00. The second-order valence-electron chi connectivity index (χ2n) is 5.14. The molecule has 1 heteroatoms. The molecular formula is C16H19N. The third-order valence-corrected chi connectivity index (χ3v) is 3.84. The zero-order valence-corrected chi connectivity index (χ0v) is 10.4. The standard InChI is InChI=1S/C16H19N/c1-13-9-10-16-14(12-13)6-5-11-17(16)15-7-3-2-4-8-15/h2-4,7-10,14H,5-6,11-12H2,1H3. The third kappa shape index (κ3) is 2.02. The number of fused-ring (bicyclic) bond motifs is 1. The molecule has 0 N–H and O–H groups in total. The van der Waals surface area contributed by atoms with Crippen LogP contribution in [-0.2, 0) is 0 Å². The van der Waals surface area contributed by atoms with Crippen LogP contribution in [0.25, 0.3) is 0 Å². The van der Waals surface area contributed by atoms with Gasteiger partial charge in [0.05, 0.1) is 0 Å². The van der Waals surface area contributed by atoms with Crippen LogP contribution in [0.1, 0.15) is 26.2 Å². The van der Waals surface area contributed by atoms with Crippen LogP contribution in [-0.4, -0.2) is 6.54 Å². The number of anilines is 1. The second-order valence-corrected chi connectivity index (χ2v) is 5.14. The summed E-state index contributed by atoms with van der Waals surface area (Å²) in [4.78, 5) is 2.50. The lowest BCUT2D eigenvalue weighted by molar-refractivity contribution is 0.467. The van der Waals surface area contributed by atoms with Gasteiger partial charge in [-0.2, -0.15) is 0 Å². The van der Waals surface area contributed by atoms with E-state index in [1.165, 1.54) is 42.8 Å². The van der Waals surface area contributed by atoms with Gasteiger partial charge in [-0.25, -0.2) is 0 Å². The largest absolute Gasteiger partial charge is 0.345 e. The molecule has 1 saturated heterocycles. The van der Waals surface area contributed by atoms with E-state index in [0.717, 1.165) is 5.92 Å². The highest BCUT2D eigenvalue weighted by Crippen LogP contribution is 2.37. The molecule has 1 heterocycles. The van der Waals surface area contributed by atoms with Crippen LogP contribution in [0.2, 0.25) is 0 Å². The maximum absolute atomic E-state index is 2.50. The highest BCUT2D eigenvalue weighted by Gasteiger charge is 2.27. The normalized spacial score (nSPS) is 23.8. The fourth-order valence-electron chi connectivity index (χ4n) is 3.00. The number of rotatable bonds is 1. The first-order chi connectivity index (χ1) is 8.34. The number of hydrogen-bond donors (Lipinski definition) is 0. The Balaban J connectivity index is 1.95. The van der Waals surface area contributed by atoms with E-state index in [1.807, 2.05) is 0 Å². The maximum atomic E-state index is 2.50. The summed E-state index contributed by atoms with van der Waals surface area (Å²) in [6, 6.07) is 10.8. The van der Waals surface area contributed by atoms with Gasteiger partial charge in [0.25, 0.3) is 0 Å². The van der Waals surface area contributed by atoms with Crippen LogP contribution < -0.4 is 4.90 Å². The minimum Gasteiger partial charge on any atom is -0.345 e. The molecule has 3 rings (SSSR count). The molecule has 1 nitrogen and oxygen atoms in total. The van der Waals surface area contributed by atoms with Gasteiger partial charge in [-0.3, -0.25) is 0 Å². The SMILES string of the molecule is CC1=CC=C2C(CCCN2c2ccccc2)C1. The van der Waals surface area contributed by atoms with Gasteiger partial charge >= 0.3 is 0 Å². The Kier molecular flexibility index (Phi) is 2.76. The summed E-state index contributed by atoms with van der Waals surface area (Å²) in [6.45, 7) is 3.41. The molecule has 1 unspecified atom stereocenters. The van der Waals surface area contributed by atoms with Gasteiger partial charge in [0.15, 0.2) is 0 Å². The minimum absolute atomic E-state index is 0.744. The van der Waals surface area contributed by atoms with Gasteiger partial charge in [0, 0.05) is 23.8 Å². The van der Waals surface area contributed by atoms with Crippen molar-refractivity contribution in [2.45, 2.75) is 26.2 Å². The molecule has 0 radical (unpaired) electrons. The molecule has 17 heavy (non-hydrogen) atoms. The maximum Gasteiger partial charge on any atom is 0.0408 e. The number of para-hydroxylation sites is 1. The molecule has 0 amide bonds. The number of nitrogens with zero attached hydrogens (tertiary/aromatic N) is 1. The van der Waals surface area contributed by atoms with E-state index in [1.54, 1.807) is 0 Å². The van der Waals surface area contributed by atoms with Crippen molar-refractivity contribution in [2.75, 3.05) is 11.4 Å². The molecule has 0 spiro atoms. The molecule has 2 aliphatic rings. The number of benzene rings is 1. The lowest BCUT2D eigenvalue weighted by Gasteiger charge is -2.39. The molecule has 1 aliphatic heterocycles. The zero-order chi connectivity index (χ0) is 11.7. The van der Waals surface area contributed by atoms with Crippen molar-refractivity contribution in [3.8, 4) is 0 Å². The van der Waals surface area contributed by atoms with Crippen molar-refractivity contribution in [1.82, 2.24) is 0 Å². The van der Waals surface area contributed by atoms with Crippen LogP contribution in [0.4, 0.5) is 5.69 Å². The lowest BCUT2D eigenvalue weighted by atomic mass is 9.84. The average molecular weight is 225 g/mol. The van der Waals surface area contributed by atoms with Gasteiger partial charge in [-0.05, 0) is 44.4 Å². The van der Waals surface area contributed by atoms with Crippen molar-refractivity contribution in [2.24, 2.45) is 5.92 Å². The Morgan fingerprint density at radius 3 is 2.76 bits per heavy atom. The molecule has 0 bridgehead atoms. The van der Waals surface area contributed by atoms with Crippen molar-refractivity contribution in [3.05, 3.63) is 53.8 Å². The molecule has 1 aromatic carbocycles. The Hall–Kier alpha value is -1.50. The van der Waals surface area contributed by atoms with Gasteiger partial charge in [0.2, 0.25) is 0 Å². The third-order valence-electron chi connectivity index (χ3n) is 3.84. The van der Waals surface area contributed by atoms with E-state index in [0.29, 0.717) is 0 Å². The van der Waals surface area contributed by atoms with Crippen LogP contribution >= 0.6 is 0 Å². The summed E-state index contributed by atoms with van der Waals surface area (Å²) >= 11 is 0. The lowest BCUT2D eigenvalue weighted by Crippen LogP contribution is -2.34. The Morgan fingerprint density at radius 1 is 1.12 bits per heavy atom. The summed E-state index contributed by atoms with van der Waals surface area (Å²) < 4.78 is 0. The summed E-state index contributed by atoms with van der Waals surface area (Å²) in [6.07, 6.45) is 8.52.